The lowest BCUT2D eigenvalue weighted by atomic mass is 10.1. The summed E-state index contributed by atoms with van der Waals surface area (Å²) in [4.78, 5) is 1.24. The van der Waals surface area contributed by atoms with Crippen molar-refractivity contribution in [1.29, 1.82) is 0 Å². The van der Waals surface area contributed by atoms with Gasteiger partial charge in [0.15, 0.2) is 5.11 Å². The van der Waals surface area contributed by atoms with Gasteiger partial charge in [-0.15, -0.1) is 11.3 Å². The van der Waals surface area contributed by atoms with Gasteiger partial charge >= 0.3 is 0 Å². The van der Waals surface area contributed by atoms with Crippen molar-refractivity contribution in [1.82, 2.24) is 10.6 Å². The Morgan fingerprint density at radius 2 is 1.80 bits per heavy atom. The van der Waals surface area contributed by atoms with Gasteiger partial charge in [-0.25, -0.2) is 0 Å². The predicted molar refractivity (Wildman–Crippen MR) is 108 cm³/mol. The molecule has 3 nitrogen and oxygen atoms in total. The molecule has 2 aromatic carbocycles. The lowest BCUT2D eigenvalue weighted by Crippen LogP contribution is -2.37. The molecule has 0 amide bonds. The Morgan fingerprint density at radius 3 is 2.44 bits per heavy atom. The van der Waals surface area contributed by atoms with E-state index in [0.717, 1.165) is 11.3 Å². The fraction of sp³-hybridized carbons (Fsp3) is 0.150. The molecule has 0 aliphatic carbocycles. The molecule has 25 heavy (non-hydrogen) atoms. The minimum atomic E-state index is 0.0528. The first kappa shape index (κ1) is 17.5. The number of hydrogen-bond donors (Lipinski definition) is 2. The lowest BCUT2D eigenvalue weighted by molar-refractivity contribution is 0.414. The van der Waals surface area contributed by atoms with Crippen LogP contribution in [0, 0.1) is 0 Å². The average Bonchev–Trinajstić information content (AvgIpc) is 3.20. The fourth-order valence-electron chi connectivity index (χ4n) is 2.53. The van der Waals surface area contributed by atoms with Crippen LogP contribution in [-0.2, 0) is 6.54 Å². The lowest BCUT2D eigenvalue weighted by Gasteiger charge is -2.20. The van der Waals surface area contributed by atoms with Crippen LogP contribution < -0.4 is 15.4 Å². The second-order valence-corrected chi connectivity index (χ2v) is 6.92. The Balaban J connectivity index is 1.64. The van der Waals surface area contributed by atoms with Crippen LogP contribution in [-0.4, -0.2) is 12.2 Å². The van der Waals surface area contributed by atoms with E-state index < -0.39 is 0 Å². The van der Waals surface area contributed by atoms with Gasteiger partial charge in [-0.2, -0.15) is 0 Å². The van der Waals surface area contributed by atoms with Gasteiger partial charge in [0.05, 0.1) is 13.2 Å². The minimum Gasteiger partial charge on any atom is -0.497 e. The summed E-state index contributed by atoms with van der Waals surface area (Å²) >= 11 is 7.23. The summed E-state index contributed by atoms with van der Waals surface area (Å²) in [5.74, 6) is 0.853. The molecule has 0 aliphatic heterocycles. The first-order chi connectivity index (χ1) is 12.3. The van der Waals surface area contributed by atoms with E-state index in [9.17, 15) is 0 Å². The molecule has 5 heteroatoms. The van der Waals surface area contributed by atoms with E-state index in [0.29, 0.717) is 11.7 Å². The van der Waals surface area contributed by atoms with E-state index in [1.165, 1.54) is 10.4 Å². The summed E-state index contributed by atoms with van der Waals surface area (Å²) in [6, 6.07) is 22.5. The number of nitrogens with one attached hydrogen (secondary N) is 2. The first-order valence-corrected chi connectivity index (χ1v) is 9.30. The number of benzene rings is 2. The quantitative estimate of drug-likeness (QED) is 0.627. The molecule has 0 radical (unpaired) electrons. The molecule has 3 rings (SSSR count). The van der Waals surface area contributed by atoms with Crippen molar-refractivity contribution in [3.8, 4) is 5.75 Å². The number of methoxy groups -OCH3 is 1. The van der Waals surface area contributed by atoms with Crippen LogP contribution in [0.5, 0.6) is 5.75 Å². The number of thiophene rings is 1. The molecule has 0 aliphatic rings. The highest BCUT2D eigenvalue weighted by Gasteiger charge is 2.15. The summed E-state index contributed by atoms with van der Waals surface area (Å²) in [6.45, 7) is 0.668. The molecule has 2 N–H and O–H groups in total. The third-order valence-electron chi connectivity index (χ3n) is 3.85. The van der Waals surface area contributed by atoms with Crippen LogP contribution >= 0.6 is 23.6 Å². The van der Waals surface area contributed by atoms with Crippen molar-refractivity contribution in [2.45, 2.75) is 12.6 Å². The summed E-state index contributed by atoms with van der Waals surface area (Å²) < 4.78 is 5.18. The van der Waals surface area contributed by atoms with E-state index in [1.807, 2.05) is 42.5 Å². The van der Waals surface area contributed by atoms with E-state index in [4.69, 9.17) is 17.0 Å². The molecule has 128 valence electrons. The zero-order valence-electron chi connectivity index (χ0n) is 13.9. The fourth-order valence-corrected chi connectivity index (χ4v) is 3.52. The Hall–Kier alpha value is -2.37. The molecule has 0 saturated carbocycles. The van der Waals surface area contributed by atoms with Crippen molar-refractivity contribution in [3.05, 3.63) is 88.1 Å². The third kappa shape index (κ3) is 4.81. The first-order valence-electron chi connectivity index (χ1n) is 8.02. The molecule has 1 heterocycles. The van der Waals surface area contributed by atoms with Gasteiger partial charge < -0.3 is 15.4 Å². The van der Waals surface area contributed by atoms with E-state index >= 15 is 0 Å². The van der Waals surface area contributed by atoms with Crippen LogP contribution in [0.25, 0.3) is 0 Å². The maximum absolute atomic E-state index is 5.51. The van der Waals surface area contributed by atoms with Gasteiger partial charge in [0.1, 0.15) is 5.75 Å². The van der Waals surface area contributed by atoms with E-state index in [2.05, 4.69) is 40.3 Å². The monoisotopic (exact) mass is 368 g/mol. The van der Waals surface area contributed by atoms with Crippen molar-refractivity contribution in [3.63, 3.8) is 0 Å². The standard InChI is InChI=1S/C20H20N2OS2/c1-23-17-11-9-15(10-12-17)14-21-20(24)22-19(18-8-5-13-25-18)16-6-3-2-4-7-16/h2-13,19H,14H2,1H3,(H2,21,22,24)/t19-/m0/s1. The maximum atomic E-state index is 5.51. The topological polar surface area (TPSA) is 33.3 Å². The maximum Gasteiger partial charge on any atom is 0.167 e. The summed E-state index contributed by atoms with van der Waals surface area (Å²) in [5, 5.41) is 9.44. The molecule has 0 unspecified atom stereocenters. The number of rotatable bonds is 6. The molecule has 0 spiro atoms. The Kier molecular flexibility index (Phi) is 6.04. The van der Waals surface area contributed by atoms with Crippen molar-refractivity contribution in [2.75, 3.05) is 7.11 Å². The highest BCUT2D eigenvalue weighted by atomic mass is 32.1. The predicted octanol–water partition coefficient (Wildman–Crippen LogP) is 4.51. The van der Waals surface area contributed by atoms with Crippen LogP contribution in [0.2, 0.25) is 0 Å². The van der Waals surface area contributed by atoms with Gasteiger partial charge in [0, 0.05) is 11.4 Å². The number of hydrogen-bond acceptors (Lipinski definition) is 3. The van der Waals surface area contributed by atoms with Crippen LogP contribution in [0.3, 0.4) is 0 Å². The average molecular weight is 369 g/mol. The summed E-state index contributed by atoms with van der Waals surface area (Å²) in [6.07, 6.45) is 0. The van der Waals surface area contributed by atoms with Crippen molar-refractivity contribution in [2.24, 2.45) is 0 Å². The Morgan fingerprint density at radius 1 is 1.04 bits per heavy atom. The van der Waals surface area contributed by atoms with Gasteiger partial charge in [-0.3, -0.25) is 0 Å². The Bertz CT molecular complexity index is 786. The van der Waals surface area contributed by atoms with Gasteiger partial charge in [-0.05, 0) is 46.9 Å². The highest BCUT2D eigenvalue weighted by molar-refractivity contribution is 7.80. The normalized spacial score (nSPS) is 11.6. The van der Waals surface area contributed by atoms with E-state index in [-0.39, 0.29) is 6.04 Å². The largest absolute Gasteiger partial charge is 0.497 e. The second-order valence-electron chi connectivity index (χ2n) is 5.53. The van der Waals surface area contributed by atoms with Crippen molar-refractivity contribution < 1.29 is 4.74 Å². The van der Waals surface area contributed by atoms with Gasteiger partial charge in [0.2, 0.25) is 0 Å². The van der Waals surface area contributed by atoms with Crippen LogP contribution in [0.1, 0.15) is 22.0 Å². The summed E-state index contributed by atoms with van der Waals surface area (Å²) in [5.41, 5.74) is 2.34. The number of ether oxygens (including phenoxy) is 1. The molecule has 1 aromatic heterocycles. The van der Waals surface area contributed by atoms with Crippen LogP contribution in [0.4, 0.5) is 0 Å². The molecule has 0 fully saturated rings. The van der Waals surface area contributed by atoms with Crippen LogP contribution in [0.15, 0.2) is 72.1 Å². The minimum absolute atomic E-state index is 0.0528. The van der Waals surface area contributed by atoms with Crippen molar-refractivity contribution >= 4 is 28.7 Å². The van der Waals surface area contributed by atoms with Gasteiger partial charge in [0.25, 0.3) is 0 Å². The smallest absolute Gasteiger partial charge is 0.167 e. The number of thiocarbonyl (C=S) groups is 1. The summed E-state index contributed by atoms with van der Waals surface area (Å²) in [7, 11) is 1.67. The van der Waals surface area contributed by atoms with Gasteiger partial charge in [-0.1, -0.05) is 48.5 Å². The second kappa shape index (κ2) is 8.65. The molecular formula is C20H20N2OS2. The molecular weight excluding hydrogens is 348 g/mol. The molecule has 0 bridgehead atoms. The SMILES string of the molecule is COc1ccc(CNC(=S)N[C@@H](c2ccccc2)c2cccs2)cc1. The molecule has 3 aromatic rings. The zero-order chi connectivity index (χ0) is 17.5. The molecule has 0 saturated heterocycles. The third-order valence-corrected chi connectivity index (χ3v) is 5.05. The highest BCUT2D eigenvalue weighted by Crippen LogP contribution is 2.25. The van der Waals surface area contributed by atoms with E-state index in [1.54, 1.807) is 18.4 Å². The Labute approximate surface area is 157 Å². The molecule has 1 atom stereocenters. The zero-order valence-corrected chi connectivity index (χ0v) is 15.6.